The molecule has 0 fully saturated rings. The molecule has 23 heavy (non-hydrogen) atoms. The Morgan fingerprint density at radius 1 is 1.22 bits per heavy atom. The van der Waals surface area contributed by atoms with Crippen LogP contribution in [0.3, 0.4) is 0 Å². The quantitative estimate of drug-likeness (QED) is 0.802. The number of unbranched alkanes of at least 4 members (excludes halogenated alkanes) is 1. The number of rotatable bonds is 8. The van der Waals surface area contributed by atoms with Crippen LogP contribution >= 0.6 is 0 Å². The van der Waals surface area contributed by atoms with Crippen LogP contribution in [0.1, 0.15) is 63.5 Å². The van der Waals surface area contributed by atoms with Gasteiger partial charge in [0.2, 0.25) is 0 Å². The molecule has 0 aliphatic carbocycles. The van der Waals surface area contributed by atoms with E-state index in [2.05, 4.69) is 38.3 Å². The fraction of sp³-hybridized carbons (Fsp3) is 0.684. The van der Waals surface area contributed by atoms with Gasteiger partial charge < -0.3 is 9.67 Å². The summed E-state index contributed by atoms with van der Waals surface area (Å²) in [6.45, 7) is 8.58. The molecule has 0 saturated heterocycles. The fourth-order valence-corrected chi connectivity index (χ4v) is 3.10. The topological polar surface area (TPSA) is 50.9 Å². The summed E-state index contributed by atoms with van der Waals surface area (Å²) < 4.78 is 2.10. The van der Waals surface area contributed by atoms with E-state index in [4.69, 9.17) is 9.97 Å². The molecule has 128 valence electrons. The number of imidazole rings is 1. The summed E-state index contributed by atoms with van der Waals surface area (Å²) >= 11 is 0. The molecule has 0 aromatic carbocycles. The van der Waals surface area contributed by atoms with Gasteiger partial charge in [0.05, 0.1) is 6.10 Å². The van der Waals surface area contributed by atoms with Crippen LogP contribution in [0.4, 0.5) is 0 Å². The van der Waals surface area contributed by atoms with Crippen molar-refractivity contribution in [2.75, 3.05) is 0 Å². The molecule has 2 aromatic rings. The molecule has 2 rings (SSSR count). The van der Waals surface area contributed by atoms with E-state index in [9.17, 15) is 5.11 Å². The zero-order chi connectivity index (χ0) is 17.0. The molecule has 0 radical (unpaired) electrons. The van der Waals surface area contributed by atoms with Crippen LogP contribution in [-0.2, 0) is 19.9 Å². The lowest BCUT2D eigenvalue weighted by Gasteiger charge is -2.18. The van der Waals surface area contributed by atoms with E-state index in [-0.39, 0.29) is 6.10 Å². The van der Waals surface area contributed by atoms with Crippen molar-refractivity contribution in [3.63, 3.8) is 0 Å². The Balaban J connectivity index is 2.23. The van der Waals surface area contributed by atoms with Gasteiger partial charge in [0.25, 0.3) is 0 Å². The van der Waals surface area contributed by atoms with E-state index in [1.54, 1.807) is 0 Å². The van der Waals surface area contributed by atoms with Crippen molar-refractivity contribution in [2.45, 2.75) is 72.3 Å². The smallest absolute Gasteiger partial charge is 0.160 e. The van der Waals surface area contributed by atoms with Crippen LogP contribution in [0.15, 0.2) is 6.07 Å². The van der Waals surface area contributed by atoms with Crippen molar-refractivity contribution in [3.8, 4) is 0 Å². The minimum absolute atomic E-state index is 0.315. The molecule has 0 aliphatic rings. The molecule has 2 unspecified atom stereocenters. The second-order valence-corrected chi connectivity index (χ2v) is 6.83. The van der Waals surface area contributed by atoms with Crippen molar-refractivity contribution >= 4 is 11.2 Å². The average Bonchev–Trinajstić information content (AvgIpc) is 2.83. The van der Waals surface area contributed by atoms with E-state index in [0.29, 0.717) is 12.3 Å². The molecule has 2 aromatic heterocycles. The molecule has 0 saturated carbocycles. The molecule has 0 aliphatic heterocycles. The van der Waals surface area contributed by atoms with Gasteiger partial charge in [0.15, 0.2) is 5.65 Å². The number of aryl methyl sites for hydroxylation is 3. The van der Waals surface area contributed by atoms with E-state index in [0.717, 1.165) is 47.5 Å². The van der Waals surface area contributed by atoms with Crippen LogP contribution < -0.4 is 0 Å². The molecule has 0 spiro atoms. The van der Waals surface area contributed by atoms with Gasteiger partial charge in [-0.1, -0.05) is 33.6 Å². The number of hydrogen-bond acceptors (Lipinski definition) is 3. The minimum Gasteiger partial charge on any atom is -0.392 e. The lowest BCUT2D eigenvalue weighted by atomic mass is 9.94. The maximum absolute atomic E-state index is 10.5. The Kier molecular flexibility index (Phi) is 6.17. The van der Waals surface area contributed by atoms with Gasteiger partial charge in [0.1, 0.15) is 11.3 Å². The number of fused-ring (bicyclic) bond motifs is 1. The molecular weight excluding hydrogens is 286 g/mol. The highest BCUT2D eigenvalue weighted by Crippen LogP contribution is 2.21. The maximum atomic E-state index is 10.5. The van der Waals surface area contributed by atoms with Crippen molar-refractivity contribution in [1.29, 1.82) is 0 Å². The third kappa shape index (κ3) is 4.11. The number of aromatic nitrogens is 3. The van der Waals surface area contributed by atoms with E-state index >= 15 is 0 Å². The number of nitrogens with zero attached hydrogens (tertiary/aromatic N) is 3. The molecule has 2 heterocycles. The standard InChI is InChI=1S/C19H31N3O/c1-6-8-10-13(3)16(23)12-15-11-14(4)18-19(20-15)22(5)17(21-18)9-7-2/h11,13,16,23H,6-10,12H2,1-5H3. The number of aliphatic hydroxyl groups is 1. The molecule has 4 heteroatoms. The lowest BCUT2D eigenvalue weighted by molar-refractivity contribution is 0.110. The van der Waals surface area contributed by atoms with Crippen LogP contribution in [-0.4, -0.2) is 25.7 Å². The Labute approximate surface area is 140 Å². The van der Waals surface area contributed by atoms with Crippen molar-refractivity contribution in [3.05, 3.63) is 23.1 Å². The summed E-state index contributed by atoms with van der Waals surface area (Å²) in [7, 11) is 2.04. The largest absolute Gasteiger partial charge is 0.392 e. The lowest BCUT2D eigenvalue weighted by Crippen LogP contribution is -2.21. The summed E-state index contributed by atoms with van der Waals surface area (Å²) in [4.78, 5) is 9.52. The SMILES string of the molecule is CCCCC(C)C(O)Cc1cc(C)c2nc(CCC)n(C)c2n1. The first-order valence-corrected chi connectivity index (χ1v) is 8.97. The van der Waals surface area contributed by atoms with Gasteiger partial charge >= 0.3 is 0 Å². The summed E-state index contributed by atoms with van der Waals surface area (Å²) in [5, 5.41) is 10.5. The number of hydrogen-bond donors (Lipinski definition) is 1. The fourth-order valence-electron chi connectivity index (χ4n) is 3.10. The Hall–Kier alpha value is -1.42. The first-order chi connectivity index (χ1) is 11.0. The van der Waals surface area contributed by atoms with Gasteiger partial charge in [-0.3, -0.25) is 0 Å². The van der Waals surface area contributed by atoms with Crippen LogP contribution in [0.5, 0.6) is 0 Å². The minimum atomic E-state index is -0.325. The summed E-state index contributed by atoms with van der Waals surface area (Å²) in [6, 6.07) is 2.08. The summed E-state index contributed by atoms with van der Waals surface area (Å²) in [5.74, 6) is 1.40. The van der Waals surface area contributed by atoms with Crippen molar-refractivity contribution in [1.82, 2.24) is 14.5 Å². The number of aliphatic hydroxyl groups excluding tert-OH is 1. The predicted octanol–water partition coefficient (Wildman–Crippen LogP) is 3.96. The normalized spacial score (nSPS) is 14.3. The van der Waals surface area contributed by atoms with Gasteiger partial charge in [-0.25, -0.2) is 9.97 Å². The first-order valence-electron chi connectivity index (χ1n) is 8.97. The Bertz CT molecular complexity index is 648. The number of pyridine rings is 1. The van der Waals surface area contributed by atoms with E-state index in [1.165, 1.54) is 12.8 Å². The predicted molar refractivity (Wildman–Crippen MR) is 95.6 cm³/mol. The van der Waals surface area contributed by atoms with Crippen LogP contribution in [0.2, 0.25) is 0 Å². The monoisotopic (exact) mass is 317 g/mol. The summed E-state index contributed by atoms with van der Waals surface area (Å²) in [6.07, 6.45) is 5.77. The first kappa shape index (κ1) is 17.9. The van der Waals surface area contributed by atoms with Gasteiger partial charge in [-0.2, -0.15) is 0 Å². The van der Waals surface area contributed by atoms with Gasteiger partial charge in [-0.05, 0) is 37.3 Å². The molecule has 0 bridgehead atoms. The van der Waals surface area contributed by atoms with E-state index in [1.807, 2.05) is 7.05 Å². The second-order valence-electron chi connectivity index (χ2n) is 6.83. The summed E-state index contributed by atoms with van der Waals surface area (Å²) in [5.41, 5.74) is 4.05. The van der Waals surface area contributed by atoms with Crippen LogP contribution in [0.25, 0.3) is 11.2 Å². The average molecular weight is 317 g/mol. The highest BCUT2D eigenvalue weighted by atomic mass is 16.3. The molecule has 1 N–H and O–H groups in total. The van der Waals surface area contributed by atoms with Gasteiger partial charge in [0, 0.05) is 25.6 Å². The van der Waals surface area contributed by atoms with Crippen molar-refractivity contribution in [2.24, 2.45) is 13.0 Å². The second kappa shape index (κ2) is 7.91. The highest BCUT2D eigenvalue weighted by molar-refractivity contribution is 5.75. The zero-order valence-corrected chi connectivity index (χ0v) is 15.3. The maximum Gasteiger partial charge on any atom is 0.160 e. The zero-order valence-electron chi connectivity index (χ0n) is 15.3. The third-order valence-electron chi connectivity index (χ3n) is 4.73. The highest BCUT2D eigenvalue weighted by Gasteiger charge is 2.17. The Morgan fingerprint density at radius 2 is 1.96 bits per heavy atom. The Morgan fingerprint density at radius 3 is 2.61 bits per heavy atom. The molecule has 2 atom stereocenters. The third-order valence-corrected chi connectivity index (χ3v) is 4.73. The molecular formula is C19H31N3O. The van der Waals surface area contributed by atoms with E-state index < -0.39 is 0 Å². The van der Waals surface area contributed by atoms with Crippen molar-refractivity contribution < 1.29 is 5.11 Å². The van der Waals surface area contributed by atoms with Crippen LogP contribution in [0, 0.1) is 12.8 Å². The molecule has 4 nitrogen and oxygen atoms in total. The van der Waals surface area contributed by atoms with Gasteiger partial charge in [-0.15, -0.1) is 0 Å². The molecule has 0 amide bonds.